The van der Waals surface area contributed by atoms with E-state index in [1.807, 2.05) is 0 Å². The third kappa shape index (κ3) is 4.92. The van der Waals surface area contributed by atoms with Crippen molar-refractivity contribution in [1.82, 2.24) is 15.8 Å². The molecular weight excluding hydrogens is 375 g/mol. The van der Waals surface area contributed by atoms with Crippen LogP contribution in [0.5, 0.6) is 5.75 Å². The number of nitrogens with one attached hydrogen (secondary N) is 2. The summed E-state index contributed by atoms with van der Waals surface area (Å²) in [6.45, 7) is 2.85. The molecule has 1 aromatic heterocycles. The molecule has 0 spiro atoms. The molecule has 1 fully saturated rings. The number of hydrogen-bond acceptors (Lipinski definition) is 7. The third-order valence-corrected chi connectivity index (χ3v) is 4.85. The van der Waals surface area contributed by atoms with Gasteiger partial charge >= 0.3 is 0 Å². The average molecular weight is 394 g/mol. The smallest absolute Gasteiger partial charge is 0.272 e. The molecule has 2 amide bonds. The van der Waals surface area contributed by atoms with Crippen molar-refractivity contribution >= 4 is 28.3 Å². The summed E-state index contributed by atoms with van der Waals surface area (Å²) in [6, 6.07) is 3.84. The van der Waals surface area contributed by atoms with E-state index in [2.05, 4.69) is 20.7 Å². The summed E-state index contributed by atoms with van der Waals surface area (Å²) in [7, 11) is 1.40. The second-order valence-corrected chi connectivity index (χ2v) is 6.58. The van der Waals surface area contributed by atoms with Crippen molar-refractivity contribution in [2.45, 2.75) is 6.42 Å². The molecule has 10 heteroatoms. The lowest BCUT2D eigenvalue weighted by Gasteiger charge is -2.26. The first kappa shape index (κ1) is 19.1. The summed E-state index contributed by atoms with van der Waals surface area (Å²) in [4.78, 5) is 30.5. The number of rotatable bonds is 5. The van der Waals surface area contributed by atoms with Crippen LogP contribution in [0.15, 0.2) is 23.6 Å². The molecule has 0 saturated carbocycles. The van der Waals surface area contributed by atoms with Gasteiger partial charge in [-0.2, -0.15) is 0 Å². The number of morpholine rings is 1. The molecule has 1 aromatic carbocycles. The minimum atomic E-state index is -0.754. The fraction of sp³-hybridized carbons (Fsp3) is 0.353. The van der Waals surface area contributed by atoms with Crippen LogP contribution in [0.25, 0.3) is 0 Å². The van der Waals surface area contributed by atoms with Gasteiger partial charge in [-0.1, -0.05) is 0 Å². The van der Waals surface area contributed by atoms with Gasteiger partial charge in [-0.05, 0) is 12.1 Å². The molecule has 1 saturated heterocycles. The Balaban J connectivity index is 1.51. The Labute approximate surface area is 159 Å². The van der Waals surface area contributed by atoms with Crippen LogP contribution < -0.4 is 20.5 Å². The summed E-state index contributed by atoms with van der Waals surface area (Å²) in [5.74, 6) is -1.64. The molecular formula is C17H19FN4O4S. The molecule has 2 aromatic rings. The monoisotopic (exact) mass is 394 g/mol. The molecule has 0 radical (unpaired) electrons. The first-order valence-electron chi connectivity index (χ1n) is 8.26. The Morgan fingerprint density at radius 1 is 1.33 bits per heavy atom. The summed E-state index contributed by atoms with van der Waals surface area (Å²) >= 11 is 1.46. The number of thiazole rings is 1. The zero-order valence-electron chi connectivity index (χ0n) is 14.7. The highest BCUT2D eigenvalue weighted by molar-refractivity contribution is 7.13. The number of benzene rings is 1. The fourth-order valence-electron chi connectivity index (χ4n) is 2.49. The summed E-state index contributed by atoms with van der Waals surface area (Å²) in [6.07, 6.45) is 0.00617. The number of hydrogen-bond donors (Lipinski definition) is 2. The highest BCUT2D eigenvalue weighted by Gasteiger charge is 2.17. The molecule has 3 rings (SSSR count). The highest BCUT2D eigenvalue weighted by Crippen LogP contribution is 2.21. The van der Waals surface area contributed by atoms with Gasteiger partial charge in [-0.15, -0.1) is 11.3 Å². The predicted molar refractivity (Wildman–Crippen MR) is 97.4 cm³/mol. The van der Waals surface area contributed by atoms with Crippen molar-refractivity contribution in [1.29, 1.82) is 0 Å². The Morgan fingerprint density at radius 2 is 2.11 bits per heavy atom. The van der Waals surface area contributed by atoms with Crippen LogP contribution in [0.3, 0.4) is 0 Å². The second kappa shape index (κ2) is 8.78. The minimum Gasteiger partial charge on any atom is -0.497 e. The number of aromatic nitrogens is 1. The van der Waals surface area contributed by atoms with Crippen molar-refractivity contribution in [2.24, 2.45) is 0 Å². The van der Waals surface area contributed by atoms with Gasteiger partial charge in [0.1, 0.15) is 11.6 Å². The molecule has 27 heavy (non-hydrogen) atoms. The van der Waals surface area contributed by atoms with Crippen molar-refractivity contribution in [3.8, 4) is 5.75 Å². The van der Waals surface area contributed by atoms with Gasteiger partial charge < -0.3 is 14.4 Å². The van der Waals surface area contributed by atoms with Crippen molar-refractivity contribution in [3.05, 3.63) is 40.7 Å². The molecule has 1 aliphatic heterocycles. The lowest BCUT2D eigenvalue weighted by atomic mass is 10.2. The van der Waals surface area contributed by atoms with Gasteiger partial charge in [-0.3, -0.25) is 20.4 Å². The average Bonchev–Trinajstić information content (AvgIpc) is 3.15. The molecule has 1 aliphatic rings. The molecule has 0 aliphatic carbocycles. The molecule has 8 nitrogen and oxygen atoms in total. The minimum absolute atomic E-state index is 0.00617. The first-order valence-corrected chi connectivity index (χ1v) is 9.14. The van der Waals surface area contributed by atoms with Crippen LogP contribution in [0.2, 0.25) is 0 Å². The molecule has 0 unspecified atom stereocenters. The number of hydrazine groups is 1. The number of ether oxygens (including phenoxy) is 2. The standard InChI is InChI=1S/C17H19FN4O4S/c1-25-12-2-3-13(14(18)9-12)16(24)21-20-15(23)8-11-10-27-17(19-11)22-4-6-26-7-5-22/h2-3,9-10H,4-8H2,1H3,(H,20,23)(H,21,24). The Kier molecular flexibility index (Phi) is 6.20. The SMILES string of the molecule is COc1ccc(C(=O)NNC(=O)Cc2csc(N3CCOCC3)n2)c(F)c1. The number of carbonyl (C=O) groups is 2. The number of nitrogens with zero attached hydrogens (tertiary/aromatic N) is 2. The van der Waals surface area contributed by atoms with Crippen LogP contribution in [0.1, 0.15) is 16.1 Å². The quantitative estimate of drug-likeness (QED) is 0.739. The Bertz CT molecular complexity index is 823. The molecule has 2 N–H and O–H groups in total. The van der Waals surface area contributed by atoms with Gasteiger partial charge in [-0.25, -0.2) is 9.37 Å². The normalized spacial score (nSPS) is 13.9. The van der Waals surface area contributed by atoms with Gasteiger partial charge in [0.2, 0.25) is 5.91 Å². The van der Waals surface area contributed by atoms with Crippen LogP contribution >= 0.6 is 11.3 Å². The van der Waals surface area contributed by atoms with Crippen molar-refractivity contribution < 1.29 is 23.5 Å². The third-order valence-electron chi connectivity index (χ3n) is 3.90. The molecule has 144 valence electrons. The van der Waals surface area contributed by atoms with Crippen molar-refractivity contribution in [3.63, 3.8) is 0 Å². The number of halogens is 1. The molecule has 0 bridgehead atoms. The van der Waals surface area contributed by atoms with E-state index >= 15 is 0 Å². The van der Waals surface area contributed by atoms with Crippen LogP contribution in [-0.2, 0) is 16.0 Å². The van der Waals surface area contributed by atoms with Gasteiger partial charge in [0, 0.05) is 24.5 Å². The van der Waals surface area contributed by atoms with Gasteiger partial charge in [0.05, 0.1) is 38.0 Å². The maximum atomic E-state index is 13.9. The van der Waals surface area contributed by atoms with E-state index in [1.165, 1.54) is 30.6 Å². The zero-order valence-corrected chi connectivity index (χ0v) is 15.5. The lowest BCUT2D eigenvalue weighted by molar-refractivity contribution is -0.121. The number of anilines is 1. The van der Waals surface area contributed by atoms with E-state index in [4.69, 9.17) is 9.47 Å². The topological polar surface area (TPSA) is 92.8 Å². The van der Waals surface area contributed by atoms with Gasteiger partial charge in [0.15, 0.2) is 5.13 Å². The van der Waals surface area contributed by atoms with E-state index in [-0.39, 0.29) is 12.0 Å². The maximum Gasteiger partial charge on any atom is 0.272 e. The lowest BCUT2D eigenvalue weighted by Crippen LogP contribution is -2.42. The second-order valence-electron chi connectivity index (χ2n) is 5.75. The maximum absolute atomic E-state index is 13.9. The molecule has 0 atom stereocenters. The van der Waals surface area contributed by atoms with E-state index in [1.54, 1.807) is 5.38 Å². The van der Waals surface area contributed by atoms with Crippen LogP contribution in [-0.4, -0.2) is 50.2 Å². The Hall–Kier alpha value is -2.72. The van der Waals surface area contributed by atoms with E-state index in [0.29, 0.717) is 24.7 Å². The highest BCUT2D eigenvalue weighted by atomic mass is 32.1. The largest absolute Gasteiger partial charge is 0.497 e. The number of amides is 2. The van der Waals surface area contributed by atoms with Gasteiger partial charge in [0.25, 0.3) is 5.91 Å². The van der Waals surface area contributed by atoms with Crippen LogP contribution in [0.4, 0.5) is 9.52 Å². The van der Waals surface area contributed by atoms with Crippen LogP contribution in [0, 0.1) is 5.82 Å². The number of carbonyl (C=O) groups excluding carboxylic acids is 2. The van der Waals surface area contributed by atoms with Crippen molar-refractivity contribution in [2.75, 3.05) is 38.3 Å². The van der Waals surface area contributed by atoms with E-state index < -0.39 is 17.6 Å². The summed E-state index contributed by atoms with van der Waals surface area (Å²) in [5.41, 5.74) is 4.87. The van der Waals surface area contributed by atoms with E-state index in [0.717, 1.165) is 24.3 Å². The van der Waals surface area contributed by atoms with E-state index in [9.17, 15) is 14.0 Å². The number of methoxy groups -OCH3 is 1. The Morgan fingerprint density at radius 3 is 2.81 bits per heavy atom. The first-order chi connectivity index (χ1) is 13.1. The predicted octanol–water partition coefficient (Wildman–Crippen LogP) is 1.13. The summed E-state index contributed by atoms with van der Waals surface area (Å²) in [5, 5.41) is 2.64. The molecule has 2 heterocycles. The zero-order chi connectivity index (χ0) is 19.2. The summed E-state index contributed by atoms with van der Waals surface area (Å²) < 4.78 is 24.0. The fourth-order valence-corrected chi connectivity index (χ4v) is 3.37.